The number of aromatic nitrogens is 3. The number of thiazole rings is 1. The molecule has 3 rings (SSSR count). The molecule has 0 bridgehead atoms. The van der Waals surface area contributed by atoms with E-state index < -0.39 is 17.9 Å². The van der Waals surface area contributed by atoms with Crippen molar-refractivity contribution in [1.82, 2.24) is 14.8 Å². The molecule has 0 saturated heterocycles. The normalized spacial score (nSPS) is 11.4. The Balaban J connectivity index is 1.79. The van der Waals surface area contributed by atoms with Crippen molar-refractivity contribution in [2.75, 3.05) is 10.2 Å². The maximum absolute atomic E-state index is 12.6. The summed E-state index contributed by atoms with van der Waals surface area (Å²) in [5.74, 6) is -1.60. The summed E-state index contributed by atoms with van der Waals surface area (Å²) in [6.07, 6.45) is 3.90. The lowest BCUT2D eigenvalue weighted by Crippen LogP contribution is -2.37. The molecule has 11 heteroatoms. The lowest BCUT2D eigenvalue weighted by Gasteiger charge is -2.26. The summed E-state index contributed by atoms with van der Waals surface area (Å²) in [7, 11) is 1.80. The molecule has 2 N–H and O–H groups in total. The smallest absolute Gasteiger partial charge is 0.347 e. The number of nitrogens with one attached hydrogen (secondary N) is 1. The van der Waals surface area contributed by atoms with Crippen LogP contribution < -0.4 is 10.2 Å². The second-order valence-corrected chi connectivity index (χ2v) is 7.97. The monoisotopic (exact) mass is 452 g/mol. The van der Waals surface area contributed by atoms with Gasteiger partial charge in [-0.3, -0.25) is 14.3 Å². The van der Waals surface area contributed by atoms with Crippen molar-refractivity contribution in [2.45, 2.75) is 25.8 Å². The second-order valence-electron chi connectivity index (χ2n) is 6.97. The highest BCUT2D eigenvalue weighted by Crippen LogP contribution is 2.27. The van der Waals surface area contributed by atoms with Crippen LogP contribution in [0.1, 0.15) is 28.2 Å². The molecule has 0 aliphatic heterocycles. The summed E-state index contributed by atoms with van der Waals surface area (Å²) in [6, 6.07) is 8.46. The molecule has 0 saturated carbocycles. The first-order chi connectivity index (χ1) is 15.3. The fourth-order valence-electron chi connectivity index (χ4n) is 3.18. The van der Waals surface area contributed by atoms with Crippen molar-refractivity contribution in [3.05, 3.63) is 47.2 Å². The molecule has 3 aromatic rings. The molecule has 0 fully saturated rings. The Morgan fingerprint density at radius 1 is 1.41 bits per heavy atom. The van der Waals surface area contributed by atoms with Crippen molar-refractivity contribution in [3.63, 3.8) is 0 Å². The van der Waals surface area contributed by atoms with E-state index in [9.17, 15) is 19.6 Å². The van der Waals surface area contributed by atoms with Gasteiger partial charge in [0.15, 0.2) is 5.13 Å². The third kappa shape index (κ3) is 5.16. The Labute approximate surface area is 187 Å². The van der Waals surface area contributed by atoms with E-state index in [0.29, 0.717) is 17.8 Å². The number of carbonyl (C=O) groups is 3. The zero-order chi connectivity index (χ0) is 23.3. The maximum atomic E-state index is 12.6. The van der Waals surface area contributed by atoms with Crippen molar-refractivity contribution in [2.24, 2.45) is 7.05 Å². The first-order valence-electron chi connectivity index (χ1n) is 9.52. The van der Waals surface area contributed by atoms with Crippen LogP contribution >= 0.6 is 11.3 Å². The highest BCUT2D eigenvalue weighted by atomic mass is 32.1. The lowest BCUT2D eigenvalue weighted by molar-refractivity contribution is -0.116. The van der Waals surface area contributed by atoms with E-state index >= 15 is 0 Å². The van der Waals surface area contributed by atoms with Gasteiger partial charge in [0.2, 0.25) is 12.3 Å². The van der Waals surface area contributed by atoms with Gasteiger partial charge in [-0.1, -0.05) is 23.5 Å². The number of hydrogen-bond donors (Lipinski definition) is 2. The van der Waals surface area contributed by atoms with Gasteiger partial charge in [-0.2, -0.15) is 10.4 Å². The number of aromatic carboxylic acids is 1. The van der Waals surface area contributed by atoms with Crippen LogP contribution in [0.4, 0.5) is 10.8 Å². The third-order valence-corrected chi connectivity index (χ3v) is 5.74. The predicted molar refractivity (Wildman–Crippen MR) is 118 cm³/mol. The maximum Gasteiger partial charge on any atom is 0.347 e. The highest BCUT2D eigenvalue weighted by molar-refractivity contribution is 7.17. The minimum atomic E-state index is -1.12. The number of nitriles is 1. The number of benzene rings is 1. The number of anilines is 2. The number of hydrogen-bond acceptors (Lipinski definition) is 7. The number of carboxylic acid groups (broad SMARTS) is 1. The summed E-state index contributed by atoms with van der Waals surface area (Å²) in [4.78, 5) is 41.1. The average Bonchev–Trinajstić information content (AvgIpc) is 3.34. The van der Waals surface area contributed by atoms with Crippen LogP contribution in [0.15, 0.2) is 36.7 Å². The van der Waals surface area contributed by atoms with E-state index in [-0.39, 0.29) is 22.9 Å². The van der Waals surface area contributed by atoms with Gasteiger partial charge in [-0.15, -0.1) is 0 Å². The molecule has 2 aromatic heterocycles. The molecule has 10 nitrogen and oxygen atoms in total. The van der Waals surface area contributed by atoms with Gasteiger partial charge in [0.05, 0.1) is 30.4 Å². The van der Waals surface area contributed by atoms with Gasteiger partial charge in [0.25, 0.3) is 0 Å². The van der Waals surface area contributed by atoms with E-state index in [1.807, 2.05) is 18.3 Å². The Morgan fingerprint density at radius 3 is 2.78 bits per heavy atom. The van der Waals surface area contributed by atoms with E-state index in [0.717, 1.165) is 22.5 Å². The molecule has 0 unspecified atom stereocenters. The summed E-state index contributed by atoms with van der Waals surface area (Å²) in [6.45, 7) is 1.54. The molecule has 0 spiro atoms. The standard InChI is InChI=1S/C21H20N6O4S/c1-13-19(20(30)31)32-21(24-13)25-18(29)9-17(6-7-22)27(12-28)16-5-3-4-14(8-16)15-10-23-26(2)11-15/h3-5,8,10-12,17H,6,9H2,1-2H3,(H,30,31)(H,24,25,29)/t17-/m0/s1. The Morgan fingerprint density at radius 2 is 2.19 bits per heavy atom. The molecular formula is C21H20N6O4S. The molecule has 164 valence electrons. The van der Waals surface area contributed by atoms with E-state index in [4.69, 9.17) is 5.11 Å². The van der Waals surface area contributed by atoms with Gasteiger partial charge < -0.3 is 15.3 Å². The molecule has 1 atom stereocenters. The number of carboxylic acids is 1. The van der Waals surface area contributed by atoms with Crippen LogP contribution in [-0.4, -0.2) is 44.2 Å². The zero-order valence-electron chi connectivity index (χ0n) is 17.3. The largest absolute Gasteiger partial charge is 0.477 e. The van der Waals surface area contributed by atoms with Crippen LogP contribution in [0, 0.1) is 18.3 Å². The zero-order valence-corrected chi connectivity index (χ0v) is 18.2. The molecule has 0 radical (unpaired) electrons. The van der Waals surface area contributed by atoms with E-state index in [1.165, 1.54) is 11.8 Å². The molecule has 2 amide bonds. The lowest BCUT2D eigenvalue weighted by atomic mass is 10.1. The molecule has 1 aromatic carbocycles. The fraction of sp³-hybridized carbons (Fsp3) is 0.238. The number of amides is 2. The van der Waals surface area contributed by atoms with Crippen LogP contribution in [0.2, 0.25) is 0 Å². The van der Waals surface area contributed by atoms with Crippen molar-refractivity contribution in [1.29, 1.82) is 5.26 Å². The number of rotatable bonds is 9. The van der Waals surface area contributed by atoms with Crippen molar-refractivity contribution >= 4 is 40.4 Å². The van der Waals surface area contributed by atoms with Crippen LogP contribution in [-0.2, 0) is 16.6 Å². The summed E-state index contributed by atoms with van der Waals surface area (Å²) < 4.78 is 1.67. The summed E-state index contributed by atoms with van der Waals surface area (Å²) in [5.41, 5.74) is 2.53. The second kappa shape index (κ2) is 9.84. The third-order valence-electron chi connectivity index (χ3n) is 4.67. The molecule has 2 heterocycles. The minimum Gasteiger partial charge on any atom is -0.477 e. The molecular weight excluding hydrogens is 432 g/mol. The summed E-state index contributed by atoms with van der Waals surface area (Å²) in [5, 5.41) is 25.2. The summed E-state index contributed by atoms with van der Waals surface area (Å²) >= 11 is 0.850. The van der Waals surface area contributed by atoms with Crippen molar-refractivity contribution < 1.29 is 19.5 Å². The van der Waals surface area contributed by atoms with Crippen LogP contribution in [0.5, 0.6) is 0 Å². The van der Waals surface area contributed by atoms with Crippen molar-refractivity contribution in [3.8, 4) is 17.2 Å². The Bertz CT molecular complexity index is 1200. The molecule has 32 heavy (non-hydrogen) atoms. The van der Waals surface area contributed by atoms with Crippen LogP contribution in [0.25, 0.3) is 11.1 Å². The van der Waals surface area contributed by atoms with Gasteiger partial charge in [0, 0.05) is 30.9 Å². The average molecular weight is 452 g/mol. The highest BCUT2D eigenvalue weighted by Gasteiger charge is 2.24. The van der Waals surface area contributed by atoms with Gasteiger partial charge in [-0.25, -0.2) is 9.78 Å². The number of aryl methyl sites for hydroxylation is 2. The topological polar surface area (TPSA) is 141 Å². The number of carbonyl (C=O) groups excluding carboxylic acids is 2. The predicted octanol–water partition coefficient (Wildman–Crippen LogP) is 2.82. The fourth-order valence-corrected chi connectivity index (χ4v) is 4.00. The number of nitrogens with zero attached hydrogens (tertiary/aromatic N) is 5. The minimum absolute atomic E-state index is 0.0376. The first-order valence-corrected chi connectivity index (χ1v) is 10.3. The van der Waals surface area contributed by atoms with Crippen LogP contribution in [0.3, 0.4) is 0 Å². The molecule has 0 aliphatic rings. The first kappa shape index (κ1) is 22.6. The SMILES string of the molecule is Cc1nc(NC(=O)C[C@H](CC#N)N(C=O)c2cccc(-c3cnn(C)c3)c2)sc1C(=O)O. The molecule has 0 aliphatic carbocycles. The van der Waals surface area contributed by atoms with E-state index in [1.54, 1.807) is 36.1 Å². The quantitative estimate of drug-likeness (QED) is 0.476. The van der Waals surface area contributed by atoms with Gasteiger partial charge in [-0.05, 0) is 24.6 Å². The Kier molecular flexibility index (Phi) is 6.97. The van der Waals surface area contributed by atoms with E-state index in [2.05, 4.69) is 15.4 Å². The Hall–Kier alpha value is -4.04. The van der Waals surface area contributed by atoms with Gasteiger partial charge >= 0.3 is 5.97 Å². The van der Waals surface area contributed by atoms with Gasteiger partial charge in [0.1, 0.15) is 4.88 Å².